The van der Waals surface area contributed by atoms with Crippen molar-refractivity contribution in [3.63, 3.8) is 0 Å². The van der Waals surface area contributed by atoms with Crippen LogP contribution in [0.3, 0.4) is 0 Å². The number of halogens is 4. The van der Waals surface area contributed by atoms with Crippen LogP contribution in [0.15, 0.2) is 36.4 Å². The quantitative estimate of drug-likeness (QED) is 0.101. The molecule has 2 aliphatic carbocycles. The maximum Gasteiger partial charge on any atom is 0.237 e. The Morgan fingerprint density at radius 3 is 1.62 bits per heavy atom. The summed E-state index contributed by atoms with van der Waals surface area (Å²) >= 11 is 5.75. The highest BCUT2D eigenvalue weighted by Gasteiger charge is 2.41. The van der Waals surface area contributed by atoms with Crippen LogP contribution < -0.4 is 4.74 Å². The number of allylic oxidation sites excluding steroid dienone is 2. The Kier molecular flexibility index (Phi) is 6.01. The normalized spacial score (nSPS) is 18.0. The van der Waals surface area contributed by atoms with Crippen LogP contribution in [0, 0.1) is 23.3 Å². The third kappa shape index (κ3) is 3.98. The SMILES string of the molecule is CC1(C)Oc2c(sc3cc(/C=C4\C(=O)C(=O)c5c(F)cc(F)cc54)sc23)-c2sc3cc(/C=C4\C(=O)C(=O)c5c(F)cc(F)cc54)sc3c21. The van der Waals surface area contributed by atoms with Crippen LogP contribution in [0.2, 0.25) is 0 Å². The second-order valence-electron chi connectivity index (χ2n) is 11.9. The van der Waals surface area contributed by atoms with E-state index < -0.39 is 63.1 Å². The number of rotatable bonds is 2. The van der Waals surface area contributed by atoms with Crippen molar-refractivity contribution in [3.05, 3.63) is 97.2 Å². The summed E-state index contributed by atoms with van der Waals surface area (Å²) in [5, 5.41) is 0. The predicted molar refractivity (Wildman–Crippen MR) is 179 cm³/mol. The molecule has 0 amide bonds. The Morgan fingerprint density at radius 1 is 0.604 bits per heavy atom. The van der Waals surface area contributed by atoms with Crippen molar-refractivity contribution in [1.82, 2.24) is 0 Å². The van der Waals surface area contributed by atoms with Crippen molar-refractivity contribution in [1.29, 1.82) is 0 Å². The minimum atomic E-state index is -1.07. The number of hydrogen-bond donors (Lipinski definition) is 0. The van der Waals surface area contributed by atoms with Crippen molar-refractivity contribution in [2.24, 2.45) is 0 Å². The molecule has 5 heterocycles. The third-order valence-electron chi connectivity index (χ3n) is 8.51. The summed E-state index contributed by atoms with van der Waals surface area (Å²) in [5.74, 6) is -7.02. The number of Topliss-reactive ketones (excluding diaryl/α,β-unsaturated/α-hetero) is 4. The summed E-state index contributed by atoms with van der Waals surface area (Å²) in [6.45, 7) is 3.87. The van der Waals surface area contributed by atoms with Gasteiger partial charge in [-0.1, -0.05) is 0 Å². The lowest BCUT2D eigenvalue weighted by Gasteiger charge is -2.31. The molecule has 0 N–H and O–H groups in total. The average Bonchev–Trinajstić information content (AvgIpc) is 3.81. The fourth-order valence-electron chi connectivity index (χ4n) is 6.51. The lowest BCUT2D eigenvalue weighted by atomic mass is 9.95. The van der Waals surface area contributed by atoms with E-state index in [0.717, 1.165) is 46.3 Å². The van der Waals surface area contributed by atoms with Gasteiger partial charge in [-0.05, 0) is 50.3 Å². The summed E-state index contributed by atoms with van der Waals surface area (Å²) in [5.41, 5.74) is -0.936. The van der Waals surface area contributed by atoms with Crippen molar-refractivity contribution in [3.8, 4) is 15.5 Å². The molecule has 13 heteroatoms. The van der Waals surface area contributed by atoms with Gasteiger partial charge in [-0.3, -0.25) is 19.2 Å². The Labute approximate surface area is 283 Å². The molecule has 4 aromatic heterocycles. The van der Waals surface area contributed by atoms with Gasteiger partial charge < -0.3 is 4.74 Å². The Hall–Kier alpha value is -4.56. The summed E-state index contributed by atoms with van der Waals surface area (Å²) < 4.78 is 66.9. The highest BCUT2D eigenvalue weighted by molar-refractivity contribution is 7.35. The maximum atomic E-state index is 14.4. The van der Waals surface area contributed by atoms with Gasteiger partial charge in [0, 0.05) is 54.4 Å². The molecular weight excluding hydrogens is 705 g/mol. The van der Waals surface area contributed by atoms with E-state index in [2.05, 4.69) is 0 Å². The van der Waals surface area contributed by atoms with Crippen molar-refractivity contribution >= 4 is 111 Å². The van der Waals surface area contributed by atoms with E-state index in [1.807, 2.05) is 26.0 Å². The number of thiophene rings is 4. The number of benzene rings is 2. The summed E-state index contributed by atoms with van der Waals surface area (Å²) in [6.07, 6.45) is 2.98. The monoisotopic (exact) mass is 718 g/mol. The van der Waals surface area contributed by atoms with Gasteiger partial charge in [0.2, 0.25) is 23.1 Å². The summed E-state index contributed by atoms with van der Waals surface area (Å²) in [6, 6.07) is 6.89. The van der Waals surface area contributed by atoms with Gasteiger partial charge in [0.1, 0.15) is 28.9 Å². The van der Waals surface area contributed by atoms with Crippen LogP contribution >= 0.6 is 45.3 Å². The van der Waals surface area contributed by atoms with E-state index in [0.29, 0.717) is 27.6 Å². The van der Waals surface area contributed by atoms with Crippen molar-refractivity contribution < 1.29 is 41.5 Å². The molecule has 3 aliphatic rings. The van der Waals surface area contributed by atoms with Crippen LogP contribution in [0.25, 0.3) is 51.9 Å². The fourth-order valence-corrected chi connectivity index (χ4v) is 12.0. The molecule has 6 aromatic rings. The Balaban J connectivity index is 1.12. The van der Waals surface area contributed by atoms with Gasteiger partial charge in [0.15, 0.2) is 5.75 Å². The second-order valence-corrected chi connectivity index (χ2v) is 16.2. The smallest absolute Gasteiger partial charge is 0.237 e. The molecule has 9 rings (SSSR count). The van der Waals surface area contributed by atoms with Crippen molar-refractivity contribution in [2.45, 2.75) is 19.4 Å². The van der Waals surface area contributed by atoms with E-state index in [-0.39, 0.29) is 22.3 Å². The molecule has 236 valence electrons. The van der Waals surface area contributed by atoms with E-state index in [4.69, 9.17) is 4.74 Å². The first-order chi connectivity index (χ1) is 22.8. The lowest BCUT2D eigenvalue weighted by molar-refractivity contribution is -0.110. The highest BCUT2D eigenvalue weighted by Crippen LogP contribution is 2.60. The molecule has 0 bridgehead atoms. The molecule has 0 spiro atoms. The largest absolute Gasteiger partial charge is 0.480 e. The van der Waals surface area contributed by atoms with Gasteiger partial charge in [0.05, 0.1) is 35.0 Å². The van der Waals surface area contributed by atoms with Gasteiger partial charge in [-0.2, -0.15) is 0 Å². The second kappa shape index (κ2) is 9.75. The van der Waals surface area contributed by atoms with Crippen LogP contribution in [0.1, 0.15) is 61.0 Å². The van der Waals surface area contributed by atoms with Crippen LogP contribution in [0.4, 0.5) is 17.6 Å². The van der Waals surface area contributed by atoms with Crippen molar-refractivity contribution in [2.75, 3.05) is 0 Å². The maximum absolute atomic E-state index is 14.4. The minimum Gasteiger partial charge on any atom is -0.480 e. The lowest BCUT2D eigenvalue weighted by Crippen LogP contribution is -2.27. The zero-order valence-electron chi connectivity index (χ0n) is 24.3. The first-order valence-corrected chi connectivity index (χ1v) is 17.5. The van der Waals surface area contributed by atoms with Gasteiger partial charge in [-0.25, -0.2) is 17.6 Å². The number of carbonyl (C=O) groups excluding carboxylic acids is 4. The summed E-state index contributed by atoms with van der Waals surface area (Å²) in [7, 11) is 0. The third-order valence-corrected chi connectivity index (χ3v) is 13.4. The molecule has 0 radical (unpaired) electrons. The van der Waals surface area contributed by atoms with E-state index in [1.54, 1.807) is 0 Å². The number of ether oxygens (including phenoxy) is 1. The summed E-state index contributed by atoms with van der Waals surface area (Å²) in [4.78, 5) is 53.6. The van der Waals surface area contributed by atoms with Crippen LogP contribution in [-0.2, 0) is 15.2 Å². The molecule has 0 saturated heterocycles. The molecule has 48 heavy (non-hydrogen) atoms. The van der Waals surface area contributed by atoms with Gasteiger partial charge >= 0.3 is 0 Å². The number of fused-ring (bicyclic) bond motifs is 9. The first kappa shape index (κ1) is 29.6. The van der Waals surface area contributed by atoms with Gasteiger partial charge in [0.25, 0.3) is 0 Å². The predicted octanol–water partition coefficient (Wildman–Crippen LogP) is 9.70. The Morgan fingerprint density at radius 2 is 1.08 bits per heavy atom. The number of ketones is 4. The number of hydrogen-bond acceptors (Lipinski definition) is 9. The van der Waals surface area contributed by atoms with Gasteiger partial charge in [-0.15, -0.1) is 45.3 Å². The molecular formula is C35H14F4O5S4. The first-order valence-electron chi connectivity index (χ1n) is 14.2. The number of carbonyl (C=O) groups is 4. The topological polar surface area (TPSA) is 77.5 Å². The van der Waals surface area contributed by atoms with E-state index in [1.165, 1.54) is 57.5 Å². The van der Waals surface area contributed by atoms with Crippen LogP contribution in [0.5, 0.6) is 5.75 Å². The van der Waals surface area contributed by atoms with E-state index in [9.17, 15) is 36.7 Å². The molecule has 0 unspecified atom stereocenters. The van der Waals surface area contributed by atoms with Crippen LogP contribution in [-0.4, -0.2) is 23.1 Å². The molecule has 0 saturated carbocycles. The molecule has 0 fully saturated rings. The average molecular weight is 719 g/mol. The zero-order valence-corrected chi connectivity index (χ0v) is 27.6. The standard InChI is InChI=1S/C35H14F4O5S4/c1-35(2)25-31-21(9-13(45-31)7-17-15-3-11(36)5-19(38)23(15)28(42)26(17)40)47-33(25)34-30(44-35)32-22(48-34)10-14(46-32)8-18-16-4-12(37)6-20(39)24(16)29(43)27(18)41/h3-10H,1-2H3/b17-7-,18-8-. The van der Waals surface area contributed by atoms with E-state index >= 15 is 0 Å². The molecule has 0 atom stereocenters. The molecule has 2 aromatic carbocycles. The molecule has 5 nitrogen and oxygen atoms in total. The minimum absolute atomic E-state index is 0.0549. The zero-order chi connectivity index (χ0) is 33.5. The fraction of sp³-hybridized carbons (Fsp3) is 0.0857. The highest BCUT2D eigenvalue weighted by atomic mass is 32.1. The Bertz CT molecular complexity index is 2640. The molecule has 1 aliphatic heterocycles.